The van der Waals surface area contributed by atoms with Crippen molar-refractivity contribution >= 4 is 27.7 Å². The molecule has 0 aromatic heterocycles. The molecule has 1 amide bonds. The van der Waals surface area contributed by atoms with Crippen molar-refractivity contribution in [3.63, 3.8) is 0 Å². The number of benzene rings is 1. The molecule has 8 heteroatoms. The molecule has 1 aromatic rings. The van der Waals surface area contributed by atoms with Crippen LogP contribution in [0.25, 0.3) is 0 Å². The van der Waals surface area contributed by atoms with E-state index in [0.717, 1.165) is 5.56 Å². The molecule has 0 bridgehead atoms. The Kier molecular flexibility index (Phi) is 5.54. The number of piperazine rings is 1. The van der Waals surface area contributed by atoms with Gasteiger partial charge in [0.2, 0.25) is 10.0 Å². The van der Waals surface area contributed by atoms with E-state index in [2.05, 4.69) is 0 Å². The number of sulfonamides is 1. The number of carbonyl (C=O) groups is 1. The Morgan fingerprint density at radius 1 is 1.17 bits per heavy atom. The predicted octanol–water partition coefficient (Wildman–Crippen LogP) is 2.42. The van der Waals surface area contributed by atoms with Gasteiger partial charge in [-0.05, 0) is 38.0 Å². The average molecular weight is 361 g/mol. The fourth-order valence-electron chi connectivity index (χ4n) is 2.55. The molecule has 0 unspecified atom stereocenters. The molecule has 0 N–H and O–H groups in total. The second-order valence-corrected chi connectivity index (χ2v) is 7.77. The molecule has 1 fully saturated rings. The summed E-state index contributed by atoms with van der Waals surface area (Å²) in [5, 5.41) is 0.430. The van der Waals surface area contributed by atoms with Crippen molar-refractivity contribution in [2.45, 2.75) is 25.7 Å². The van der Waals surface area contributed by atoms with Gasteiger partial charge in [0, 0.05) is 31.2 Å². The van der Waals surface area contributed by atoms with Gasteiger partial charge in [-0.2, -0.15) is 4.31 Å². The lowest BCUT2D eigenvalue weighted by Crippen LogP contribution is -2.50. The number of hydrogen-bond donors (Lipinski definition) is 0. The quantitative estimate of drug-likeness (QED) is 0.830. The number of aryl methyl sites for hydroxylation is 2. The predicted molar refractivity (Wildman–Crippen MR) is 88.3 cm³/mol. The third-order valence-electron chi connectivity index (χ3n) is 3.84. The topological polar surface area (TPSA) is 66.9 Å². The lowest BCUT2D eigenvalue weighted by atomic mass is 10.2. The Morgan fingerprint density at radius 3 is 2.35 bits per heavy atom. The molecule has 1 heterocycles. The molecule has 2 rings (SSSR count). The summed E-state index contributed by atoms with van der Waals surface area (Å²) in [6, 6.07) is 3.27. The monoisotopic (exact) mass is 360 g/mol. The third kappa shape index (κ3) is 3.79. The first-order valence-electron chi connectivity index (χ1n) is 7.46. The van der Waals surface area contributed by atoms with Crippen molar-refractivity contribution < 1.29 is 17.9 Å². The largest absolute Gasteiger partial charge is 0.450 e. The Labute approximate surface area is 142 Å². The summed E-state index contributed by atoms with van der Waals surface area (Å²) in [4.78, 5) is 13.4. The van der Waals surface area contributed by atoms with Crippen LogP contribution >= 0.6 is 11.6 Å². The van der Waals surface area contributed by atoms with Gasteiger partial charge in [0.05, 0.1) is 11.5 Å². The molecule has 1 aromatic carbocycles. The van der Waals surface area contributed by atoms with Crippen LogP contribution in [0.2, 0.25) is 5.02 Å². The van der Waals surface area contributed by atoms with Gasteiger partial charge in [0.1, 0.15) is 0 Å². The van der Waals surface area contributed by atoms with E-state index in [1.165, 1.54) is 15.3 Å². The van der Waals surface area contributed by atoms with Crippen molar-refractivity contribution in [2.75, 3.05) is 32.8 Å². The maximum absolute atomic E-state index is 12.8. The molecular weight excluding hydrogens is 340 g/mol. The van der Waals surface area contributed by atoms with E-state index in [-0.39, 0.29) is 18.0 Å². The fourth-order valence-corrected chi connectivity index (χ4v) is 4.43. The number of ether oxygens (including phenoxy) is 1. The van der Waals surface area contributed by atoms with E-state index in [1.54, 1.807) is 19.9 Å². The van der Waals surface area contributed by atoms with Crippen molar-refractivity contribution in [3.8, 4) is 0 Å². The molecule has 0 atom stereocenters. The molecule has 23 heavy (non-hydrogen) atoms. The van der Waals surface area contributed by atoms with Gasteiger partial charge in [-0.3, -0.25) is 0 Å². The van der Waals surface area contributed by atoms with Gasteiger partial charge in [-0.15, -0.1) is 0 Å². The molecule has 0 spiro atoms. The number of carbonyl (C=O) groups excluding carboxylic acids is 1. The lowest BCUT2D eigenvalue weighted by molar-refractivity contribution is 0.0934. The van der Waals surface area contributed by atoms with Gasteiger partial charge in [-0.25, -0.2) is 13.2 Å². The molecule has 1 saturated heterocycles. The molecule has 0 saturated carbocycles. The Bertz CT molecular complexity index is 698. The van der Waals surface area contributed by atoms with E-state index in [9.17, 15) is 13.2 Å². The molecule has 1 aliphatic rings. The van der Waals surface area contributed by atoms with Crippen LogP contribution < -0.4 is 0 Å². The van der Waals surface area contributed by atoms with E-state index in [4.69, 9.17) is 16.3 Å². The van der Waals surface area contributed by atoms with Crippen LogP contribution in [0.5, 0.6) is 0 Å². The first-order valence-corrected chi connectivity index (χ1v) is 9.27. The number of rotatable bonds is 3. The third-order valence-corrected chi connectivity index (χ3v) is 6.29. The van der Waals surface area contributed by atoms with Crippen LogP contribution in [0.3, 0.4) is 0 Å². The van der Waals surface area contributed by atoms with Crippen LogP contribution in [0.15, 0.2) is 17.0 Å². The van der Waals surface area contributed by atoms with Crippen LogP contribution in [-0.4, -0.2) is 56.5 Å². The standard InChI is InChI=1S/C15H21ClN2O4S/c1-4-22-15(19)17-5-7-18(8-6-17)23(20,21)14-10-13(16)11(2)9-12(14)3/h9-10H,4-8H2,1-3H3. The second kappa shape index (κ2) is 7.07. The van der Waals surface area contributed by atoms with Crippen molar-refractivity contribution in [1.29, 1.82) is 0 Å². The van der Waals surface area contributed by atoms with Crippen molar-refractivity contribution in [2.24, 2.45) is 0 Å². The summed E-state index contributed by atoms with van der Waals surface area (Å²) in [5.74, 6) is 0. The molecule has 0 radical (unpaired) electrons. The summed E-state index contributed by atoms with van der Waals surface area (Å²) in [5.41, 5.74) is 1.51. The number of amides is 1. The SMILES string of the molecule is CCOC(=O)N1CCN(S(=O)(=O)c2cc(Cl)c(C)cc2C)CC1. The summed E-state index contributed by atoms with van der Waals surface area (Å²) < 4.78 is 31.9. The molecule has 0 aliphatic carbocycles. The highest BCUT2D eigenvalue weighted by Crippen LogP contribution is 2.27. The zero-order chi connectivity index (χ0) is 17.2. The van der Waals surface area contributed by atoms with Crippen LogP contribution in [0.1, 0.15) is 18.1 Å². The van der Waals surface area contributed by atoms with Gasteiger partial charge >= 0.3 is 6.09 Å². The maximum Gasteiger partial charge on any atom is 0.409 e. The minimum absolute atomic E-state index is 0.220. The number of hydrogen-bond acceptors (Lipinski definition) is 4. The maximum atomic E-state index is 12.8. The van der Waals surface area contributed by atoms with Crippen LogP contribution in [0.4, 0.5) is 4.79 Å². The van der Waals surface area contributed by atoms with E-state index in [0.29, 0.717) is 30.3 Å². The van der Waals surface area contributed by atoms with Gasteiger partial charge < -0.3 is 9.64 Å². The first-order chi connectivity index (χ1) is 10.8. The Morgan fingerprint density at radius 2 is 1.78 bits per heavy atom. The Hall–Kier alpha value is -1.31. The number of nitrogens with zero attached hydrogens (tertiary/aromatic N) is 2. The minimum atomic E-state index is -3.62. The second-order valence-electron chi connectivity index (χ2n) is 5.46. The lowest BCUT2D eigenvalue weighted by Gasteiger charge is -2.33. The summed E-state index contributed by atoms with van der Waals surface area (Å²) in [7, 11) is -3.62. The summed E-state index contributed by atoms with van der Waals surface area (Å²) in [6.07, 6.45) is -0.404. The van der Waals surface area contributed by atoms with E-state index >= 15 is 0 Å². The fraction of sp³-hybridized carbons (Fsp3) is 0.533. The first kappa shape index (κ1) is 18.0. The van der Waals surface area contributed by atoms with Gasteiger partial charge in [0.15, 0.2) is 0 Å². The van der Waals surface area contributed by atoms with E-state index in [1.807, 2.05) is 6.92 Å². The average Bonchev–Trinajstić information content (AvgIpc) is 2.51. The number of halogens is 1. The normalized spacial score (nSPS) is 16.4. The van der Waals surface area contributed by atoms with Crippen LogP contribution in [-0.2, 0) is 14.8 Å². The highest BCUT2D eigenvalue weighted by atomic mass is 35.5. The smallest absolute Gasteiger partial charge is 0.409 e. The van der Waals surface area contributed by atoms with Gasteiger partial charge in [0.25, 0.3) is 0 Å². The summed E-state index contributed by atoms with van der Waals surface area (Å²) in [6.45, 7) is 6.75. The summed E-state index contributed by atoms with van der Waals surface area (Å²) >= 11 is 6.08. The van der Waals surface area contributed by atoms with Gasteiger partial charge in [-0.1, -0.05) is 17.7 Å². The minimum Gasteiger partial charge on any atom is -0.450 e. The molecule has 6 nitrogen and oxygen atoms in total. The molecule has 128 valence electrons. The van der Waals surface area contributed by atoms with Crippen molar-refractivity contribution in [3.05, 3.63) is 28.3 Å². The highest BCUT2D eigenvalue weighted by Gasteiger charge is 2.31. The highest BCUT2D eigenvalue weighted by molar-refractivity contribution is 7.89. The van der Waals surface area contributed by atoms with Crippen molar-refractivity contribution in [1.82, 2.24) is 9.21 Å². The molecular formula is C15H21ClN2O4S. The zero-order valence-corrected chi connectivity index (χ0v) is 15.1. The van der Waals surface area contributed by atoms with E-state index < -0.39 is 16.1 Å². The zero-order valence-electron chi connectivity index (χ0n) is 13.5. The van der Waals surface area contributed by atoms with Crippen LogP contribution in [0, 0.1) is 13.8 Å². The molecule has 1 aliphatic heterocycles. The Balaban J connectivity index is 2.17.